The molecule has 4 N–H and O–H groups in total. The van der Waals surface area contributed by atoms with Crippen LogP contribution >= 0.6 is 0 Å². The molecule has 0 aliphatic heterocycles. The smallest absolute Gasteiger partial charge is 0.248 e. The Morgan fingerprint density at radius 1 is 1.07 bits per heavy atom. The Kier molecular flexibility index (Phi) is 6.54. The van der Waals surface area contributed by atoms with Crippen LogP contribution in [0.25, 0.3) is 0 Å². The molecule has 0 spiro atoms. The normalized spacial score (nSPS) is 12.2. The molecule has 27 heavy (non-hydrogen) atoms. The molecule has 2 aromatic carbocycles. The Morgan fingerprint density at radius 3 is 2.19 bits per heavy atom. The van der Waals surface area contributed by atoms with Crippen molar-refractivity contribution in [2.24, 2.45) is 5.73 Å². The maximum Gasteiger partial charge on any atom is 0.248 e. The van der Waals surface area contributed by atoms with Gasteiger partial charge in [0.25, 0.3) is 0 Å². The maximum atomic E-state index is 12.4. The predicted molar refractivity (Wildman–Crippen MR) is 101 cm³/mol. The second-order valence-electron chi connectivity index (χ2n) is 5.68. The number of primary amides is 1. The van der Waals surface area contributed by atoms with Crippen LogP contribution in [0.2, 0.25) is 0 Å². The Morgan fingerprint density at radius 2 is 1.67 bits per heavy atom. The lowest BCUT2D eigenvalue weighted by Crippen LogP contribution is -2.41. The van der Waals surface area contributed by atoms with Crippen LogP contribution in [-0.2, 0) is 14.8 Å². The number of sulfonamides is 1. The maximum absolute atomic E-state index is 12.4. The van der Waals surface area contributed by atoms with Crippen LogP contribution in [0.3, 0.4) is 0 Å². The summed E-state index contributed by atoms with van der Waals surface area (Å²) in [5, 5.41) is 2.57. The van der Waals surface area contributed by atoms with E-state index in [2.05, 4.69) is 10.0 Å². The first kappa shape index (κ1) is 20.4. The second kappa shape index (κ2) is 8.65. The highest BCUT2D eigenvalue weighted by atomic mass is 32.2. The number of nitrogens with one attached hydrogen (secondary N) is 2. The summed E-state index contributed by atoms with van der Waals surface area (Å²) in [6.07, 6.45) is 0. The first-order valence-corrected chi connectivity index (χ1v) is 9.67. The molecule has 0 saturated carbocycles. The van der Waals surface area contributed by atoms with E-state index in [9.17, 15) is 18.0 Å². The fourth-order valence-electron chi connectivity index (χ4n) is 2.20. The van der Waals surface area contributed by atoms with Crippen LogP contribution in [0.1, 0.15) is 24.2 Å². The largest absolute Gasteiger partial charge is 0.494 e. The van der Waals surface area contributed by atoms with E-state index >= 15 is 0 Å². The summed E-state index contributed by atoms with van der Waals surface area (Å²) in [7, 11) is -3.87. The van der Waals surface area contributed by atoms with E-state index < -0.39 is 27.9 Å². The average molecular weight is 391 g/mol. The molecule has 0 heterocycles. The number of anilines is 1. The highest BCUT2D eigenvalue weighted by Gasteiger charge is 2.22. The van der Waals surface area contributed by atoms with Crippen LogP contribution in [0, 0.1) is 0 Å². The Bertz CT molecular complexity index is 909. The summed E-state index contributed by atoms with van der Waals surface area (Å²) in [6, 6.07) is 10.8. The second-order valence-corrected chi connectivity index (χ2v) is 7.39. The van der Waals surface area contributed by atoms with Crippen molar-refractivity contribution >= 4 is 27.5 Å². The first-order chi connectivity index (χ1) is 12.7. The summed E-state index contributed by atoms with van der Waals surface area (Å²) >= 11 is 0. The molecule has 0 saturated heterocycles. The quantitative estimate of drug-likeness (QED) is 0.628. The number of benzene rings is 2. The van der Waals surface area contributed by atoms with E-state index in [1.165, 1.54) is 43.3 Å². The van der Waals surface area contributed by atoms with E-state index in [4.69, 9.17) is 10.5 Å². The molecular formula is C18H21N3O5S. The lowest BCUT2D eigenvalue weighted by Gasteiger charge is -2.15. The number of hydrogen-bond donors (Lipinski definition) is 3. The van der Waals surface area contributed by atoms with Crippen molar-refractivity contribution in [3.63, 3.8) is 0 Å². The molecule has 0 bridgehead atoms. The highest BCUT2D eigenvalue weighted by Crippen LogP contribution is 2.16. The monoisotopic (exact) mass is 391 g/mol. The zero-order valence-corrected chi connectivity index (χ0v) is 15.7. The minimum absolute atomic E-state index is 0.0245. The van der Waals surface area contributed by atoms with Gasteiger partial charge in [-0.1, -0.05) is 0 Å². The molecule has 144 valence electrons. The molecule has 0 aliphatic rings. The van der Waals surface area contributed by atoms with Crippen molar-refractivity contribution in [2.75, 3.05) is 11.9 Å². The molecule has 0 aliphatic carbocycles. The van der Waals surface area contributed by atoms with E-state index in [0.717, 1.165) is 0 Å². The number of amides is 2. The summed E-state index contributed by atoms with van der Waals surface area (Å²) in [4.78, 5) is 23.3. The predicted octanol–water partition coefficient (Wildman–Crippen LogP) is 1.49. The zero-order valence-electron chi connectivity index (χ0n) is 14.9. The summed E-state index contributed by atoms with van der Waals surface area (Å²) in [5.74, 6) is -0.567. The zero-order chi connectivity index (χ0) is 20.0. The van der Waals surface area contributed by atoms with Crippen LogP contribution in [-0.4, -0.2) is 32.9 Å². The molecular weight excluding hydrogens is 370 g/mol. The third-order valence-corrected chi connectivity index (χ3v) is 5.16. The van der Waals surface area contributed by atoms with Crippen molar-refractivity contribution in [1.82, 2.24) is 4.72 Å². The van der Waals surface area contributed by atoms with E-state index in [1.54, 1.807) is 12.1 Å². The van der Waals surface area contributed by atoms with Crippen LogP contribution in [0.4, 0.5) is 5.69 Å². The number of hydrogen-bond acceptors (Lipinski definition) is 5. The summed E-state index contributed by atoms with van der Waals surface area (Å²) in [5.41, 5.74) is 5.87. The number of nitrogens with two attached hydrogens (primary N) is 1. The van der Waals surface area contributed by atoms with Gasteiger partial charge in [-0.25, -0.2) is 8.42 Å². The third kappa shape index (κ3) is 5.53. The summed E-state index contributed by atoms with van der Waals surface area (Å²) in [6.45, 7) is 3.73. The van der Waals surface area contributed by atoms with Gasteiger partial charge in [-0.2, -0.15) is 4.72 Å². The number of rotatable bonds is 8. The number of ether oxygens (including phenoxy) is 1. The molecule has 0 unspecified atom stereocenters. The Balaban J connectivity index is 2.02. The molecule has 1 atom stereocenters. The summed E-state index contributed by atoms with van der Waals surface area (Å²) < 4.78 is 32.4. The van der Waals surface area contributed by atoms with Gasteiger partial charge in [0.05, 0.1) is 17.5 Å². The number of carbonyl (C=O) groups excluding carboxylic acids is 2. The minimum atomic E-state index is -3.87. The van der Waals surface area contributed by atoms with Gasteiger partial charge in [-0.15, -0.1) is 0 Å². The van der Waals surface area contributed by atoms with Crippen molar-refractivity contribution in [1.29, 1.82) is 0 Å². The van der Waals surface area contributed by atoms with Gasteiger partial charge in [0.2, 0.25) is 21.8 Å². The highest BCUT2D eigenvalue weighted by molar-refractivity contribution is 7.89. The van der Waals surface area contributed by atoms with Gasteiger partial charge in [0.1, 0.15) is 5.75 Å². The van der Waals surface area contributed by atoms with E-state index in [0.29, 0.717) is 23.6 Å². The fourth-order valence-corrected chi connectivity index (χ4v) is 3.41. The van der Waals surface area contributed by atoms with Crippen molar-refractivity contribution < 1.29 is 22.7 Å². The molecule has 0 fully saturated rings. The Labute approximate surface area is 157 Å². The molecule has 9 heteroatoms. The minimum Gasteiger partial charge on any atom is -0.494 e. The lowest BCUT2D eigenvalue weighted by molar-refractivity contribution is -0.117. The third-order valence-electron chi connectivity index (χ3n) is 3.61. The molecule has 0 radical (unpaired) electrons. The molecule has 2 rings (SSSR count). The van der Waals surface area contributed by atoms with E-state index in [1.807, 2.05) is 6.92 Å². The molecule has 2 amide bonds. The molecule has 0 aromatic heterocycles. The van der Waals surface area contributed by atoms with Crippen LogP contribution in [0.15, 0.2) is 53.4 Å². The van der Waals surface area contributed by atoms with Gasteiger partial charge in [-0.3, -0.25) is 9.59 Å². The van der Waals surface area contributed by atoms with E-state index in [-0.39, 0.29) is 4.90 Å². The molecule has 8 nitrogen and oxygen atoms in total. The standard InChI is InChI=1S/C18H21N3O5S/c1-3-26-15-8-10-16(11-9-15)27(24,25)21-12(2)18(23)20-14-6-4-13(5-7-14)17(19)22/h4-12,21H,3H2,1-2H3,(H2,19,22)(H,20,23)/t12-/m0/s1. The van der Waals surface area contributed by atoms with Gasteiger partial charge >= 0.3 is 0 Å². The number of carbonyl (C=O) groups is 2. The van der Waals surface area contributed by atoms with Gasteiger partial charge in [0.15, 0.2) is 0 Å². The lowest BCUT2D eigenvalue weighted by atomic mass is 10.2. The topological polar surface area (TPSA) is 128 Å². The molecule has 2 aromatic rings. The van der Waals surface area contributed by atoms with Crippen molar-refractivity contribution in [3.8, 4) is 5.75 Å². The fraction of sp³-hybridized carbons (Fsp3) is 0.222. The first-order valence-electron chi connectivity index (χ1n) is 8.19. The van der Waals surface area contributed by atoms with Crippen molar-refractivity contribution in [2.45, 2.75) is 24.8 Å². The van der Waals surface area contributed by atoms with Gasteiger partial charge in [-0.05, 0) is 62.4 Å². The SMILES string of the molecule is CCOc1ccc(S(=O)(=O)N[C@@H](C)C(=O)Nc2ccc(C(N)=O)cc2)cc1. The van der Waals surface area contributed by atoms with Crippen LogP contribution < -0.4 is 20.5 Å². The Hall–Kier alpha value is -2.91. The van der Waals surface area contributed by atoms with Crippen LogP contribution in [0.5, 0.6) is 5.75 Å². The van der Waals surface area contributed by atoms with Gasteiger partial charge in [0, 0.05) is 11.3 Å². The van der Waals surface area contributed by atoms with Crippen molar-refractivity contribution in [3.05, 3.63) is 54.1 Å². The average Bonchev–Trinajstić information content (AvgIpc) is 2.62. The van der Waals surface area contributed by atoms with Gasteiger partial charge < -0.3 is 15.8 Å².